The number of benzene rings is 1. The summed E-state index contributed by atoms with van der Waals surface area (Å²) >= 11 is 0. The molecule has 0 saturated heterocycles. The molecular formula is C11H18N2O2S. The highest BCUT2D eigenvalue weighted by Crippen LogP contribution is 2.14. The van der Waals surface area contributed by atoms with Gasteiger partial charge in [0.15, 0.2) is 0 Å². The quantitative estimate of drug-likeness (QED) is 0.813. The minimum absolute atomic E-state index is 0.284. The molecule has 0 saturated carbocycles. The van der Waals surface area contributed by atoms with Gasteiger partial charge >= 0.3 is 0 Å². The Bertz CT molecular complexity index is 455. The molecule has 5 heteroatoms. The summed E-state index contributed by atoms with van der Waals surface area (Å²) in [6.45, 7) is 4.64. The number of sulfonamides is 1. The number of rotatable bonds is 5. The second-order valence-electron chi connectivity index (χ2n) is 3.69. The van der Waals surface area contributed by atoms with Crippen LogP contribution < -0.4 is 10.5 Å². The van der Waals surface area contributed by atoms with E-state index < -0.39 is 10.0 Å². The standard InChI is InChI=1S/C11H18N2O2S/c1-3-6-13-16(14,15)11-5-4-9(2)10(7-11)8-12/h4-5,7,13H,3,6,8,12H2,1-2H3. The first-order valence-electron chi connectivity index (χ1n) is 5.30. The first kappa shape index (κ1) is 13.2. The maximum absolute atomic E-state index is 11.8. The van der Waals surface area contributed by atoms with E-state index in [4.69, 9.17) is 5.73 Å². The van der Waals surface area contributed by atoms with Crippen molar-refractivity contribution in [2.24, 2.45) is 5.73 Å². The second kappa shape index (κ2) is 5.43. The summed E-state index contributed by atoms with van der Waals surface area (Å²) in [5, 5.41) is 0. The van der Waals surface area contributed by atoms with Gasteiger partial charge in [-0.15, -0.1) is 0 Å². The lowest BCUT2D eigenvalue weighted by Gasteiger charge is -2.08. The van der Waals surface area contributed by atoms with Gasteiger partial charge in [-0.2, -0.15) is 0 Å². The van der Waals surface area contributed by atoms with Crippen LogP contribution in [-0.2, 0) is 16.6 Å². The third kappa shape index (κ3) is 3.04. The molecule has 3 N–H and O–H groups in total. The van der Waals surface area contributed by atoms with E-state index in [2.05, 4.69) is 4.72 Å². The van der Waals surface area contributed by atoms with Crippen molar-refractivity contribution in [1.82, 2.24) is 4.72 Å². The van der Waals surface area contributed by atoms with Gasteiger partial charge in [0, 0.05) is 13.1 Å². The van der Waals surface area contributed by atoms with Crippen molar-refractivity contribution < 1.29 is 8.42 Å². The molecule has 1 aromatic rings. The fourth-order valence-corrected chi connectivity index (χ4v) is 2.54. The van der Waals surface area contributed by atoms with Crippen LogP contribution in [0.3, 0.4) is 0 Å². The van der Waals surface area contributed by atoms with Gasteiger partial charge < -0.3 is 5.73 Å². The van der Waals surface area contributed by atoms with E-state index in [1.807, 2.05) is 13.8 Å². The van der Waals surface area contributed by atoms with Crippen LogP contribution in [0.25, 0.3) is 0 Å². The van der Waals surface area contributed by atoms with Gasteiger partial charge in [-0.3, -0.25) is 0 Å². The molecule has 90 valence electrons. The van der Waals surface area contributed by atoms with Crippen LogP contribution in [-0.4, -0.2) is 15.0 Å². The van der Waals surface area contributed by atoms with Crippen LogP contribution in [0.5, 0.6) is 0 Å². The monoisotopic (exact) mass is 242 g/mol. The van der Waals surface area contributed by atoms with Crippen molar-refractivity contribution in [1.29, 1.82) is 0 Å². The predicted octanol–water partition coefficient (Wildman–Crippen LogP) is 1.14. The van der Waals surface area contributed by atoms with E-state index in [1.54, 1.807) is 18.2 Å². The minimum Gasteiger partial charge on any atom is -0.326 e. The maximum Gasteiger partial charge on any atom is 0.240 e. The molecule has 0 spiro atoms. The zero-order chi connectivity index (χ0) is 12.2. The predicted molar refractivity (Wildman–Crippen MR) is 64.5 cm³/mol. The Kier molecular flexibility index (Phi) is 4.46. The molecule has 0 aliphatic carbocycles. The SMILES string of the molecule is CCCNS(=O)(=O)c1ccc(C)c(CN)c1. The number of aryl methyl sites for hydroxylation is 1. The normalized spacial score (nSPS) is 11.7. The van der Waals surface area contributed by atoms with Crippen molar-refractivity contribution in [3.8, 4) is 0 Å². The van der Waals surface area contributed by atoms with Gasteiger partial charge in [0.25, 0.3) is 0 Å². The lowest BCUT2D eigenvalue weighted by molar-refractivity contribution is 0.580. The third-order valence-electron chi connectivity index (χ3n) is 2.39. The van der Waals surface area contributed by atoms with Gasteiger partial charge in [0.05, 0.1) is 4.90 Å². The van der Waals surface area contributed by atoms with E-state index in [1.165, 1.54) is 0 Å². The molecule has 0 radical (unpaired) electrons. The summed E-state index contributed by atoms with van der Waals surface area (Å²) in [7, 11) is -3.38. The Morgan fingerprint density at radius 2 is 2.06 bits per heavy atom. The van der Waals surface area contributed by atoms with Gasteiger partial charge in [-0.25, -0.2) is 13.1 Å². The van der Waals surface area contributed by atoms with Crippen molar-refractivity contribution in [3.05, 3.63) is 29.3 Å². The van der Waals surface area contributed by atoms with Crippen LogP contribution in [0.15, 0.2) is 23.1 Å². The summed E-state index contributed by atoms with van der Waals surface area (Å²) in [4.78, 5) is 0.284. The van der Waals surface area contributed by atoms with Crippen molar-refractivity contribution in [3.63, 3.8) is 0 Å². The first-order chi connectivity index (χ1) is 7.51. The van der Waals surface area contributed by atoms with E-state index in [0.29, 0.717) is 13.1 Å². The molecule has 0 fully saturated rings. The molecule has 0 aliphatic heterocycles. The second-order valence-corrected chi connectivity index (χ2v) is 5.46. The summed E-state index contributed by atoms with van der Waals surface area (Å²) in [5.41, 5.74) is 7.42. The molecule has 1 aromatic carbocycles. The minimum atomic E-state index is -3.38. The fraction of sp³-hybridized carbons (Fsp3) is 0.455. The molecule has 16 heavy (non-hydrogen) atoms. The van der Waals surface area contributed by atoms with Crippen LogP contribution in [0, 0.1) is 6.92 Å². The lowest BCUT2D eigenvalue weighted by atomic mass is 10.1. The Hall–Kier alpha value is -0.910. The Balaban J connectivity index is 3.04. The number of nitrogens with one attached hydrogen (secondary N) is 1. The topological polar surface area (TPSA) is 72.2 Å². The van der Waals surface area contributed by atoms with Gasteiger partial charge in [-0.1, -0.05) is 13.0 Å². The number of hydrogen-bond donors (Lipinski definition) is 2. The summed E-state index contributed by atoms with van der Waals surface area (Å²) in [6, 6.07) is 5.02. The molecule has 1 rings (SSSR count). The molecule has 0 bridgehead atoms. The van der Waals surface area contributed by atoms with Crippen LogP contribution in [0.4, 0.5) is 0 Å². The largest absolute Gasteiger partial charge is 0.326 e. The highest BCUT2D eigenvalue weighted by Gasteiger charge is 2.13. The average molecular weight is 242 g/mol. The van der Waals surface area contributed by atoms with Crippen LogP contribution in [0.1, 0.15) is 24.5 Å². The molecule has 0 aromatic heterocycles. The average Bonchev–Trinajstić information content (AvgIpc) is 2.27. The smallest absolute Gasteiger partial charge is 0.240 e. The summed E-state index contributed by atoms with van der Waals surface area (Å²) in [6.07, 6.45) is 0.773. The van der Waals surface area contributed by atoms with Gasteiger partial charge in [0.1, 0.15) is 0 Å². The highest BCUT2D eigenvalue weighted by atomic mass is 32.2. The molecule has 0 unspecified atom stereocenters. The first-order valence-corrected chi connectivity index (χ1v) is 6.79. The zero-order valence-electron chi connectivity index (χ0n) is 9.66. The molecular weight excluding hydrogens is 224 g/mol. The molecule has 0 atom stereocenters. The Morgan fingerprint density at radius 3 is 2.62 bits per heavy atom. The van der Waals surface area contributed by atoms with Crippen LogP contribution >= 0.6 is 0 Å². The summed E-state index contributed by atoms with van der Waals surface area (Å²) < 4.78 is 26.2. The molecule has 4 nitrogen and oxygen atoms in total. The summed E-state index contributed by atoms with van der Waals surface area (Å²) in [5.74, 6) is 0. The van der Waals surface area contributed by atoms with E-state index in [9.17, 15) is 8.42 Å². The maximum atomic E-state index is 11.8. The zero-order valence-corrected chi connectivity index (χ0v) is 10.5. The Morgan fingerprint density at radius 1 is 1.38 bits per heavy atom. The van der Waals surface area contributed by atoms with Crippen molar-refractivity contribution >= 4 is 10.0 Å². The lowest BCUT2D eigenvalue weighted by Crippen LogP contribution is -2.24. The van der Waals surface area contributed by atoms with Crippen molar-refractivity contribution in [2.45, 2.75) is 31.7 Å². The van der Waals surface area contributed by atoms with Gasteiger partial charge in [0.2, 0.25) is 10.0 Å². The van der Waals surface area contributed by atoms with Crippen LogP contribution in [0.2, 0.25) is 0 Å². The third-order valence-corrected chi connectivity index (χ3v) is 3.85. The highest BCUT2D eigenvalue weighted by molar-refractivity contribution is 7.89. The van der Waals surface area contributed by atoms with E-state index in [-0.39, 0.29) is 4.90 Å². The van der Waals surface area contributed by atoms with Crippen molar-refractivity contribution in [2.75, 3.05) is 6.54 Å². The number of hydrogen-bond acceptors (Lipinski definition) is 3. The van der Waals surface area contributed by atoms with Gasteiger partial charge in [-0.05, 0) is 36.6 Å². The molecule has 0 aliphatic rings. The van der Waals surface area contributed by atoms with E-state index in [0.717, 1.165) is 17.5 Å². The van der Waals surface area contributed by atoms with E-state index >= 15 is 0 Å². The fourth-order valence-electron chi connectivity index (χ4n) is 1.35. The molecule has 0 amide bonds. The molecule has 0 heterocycles. The number of nitrogens with two attached hydrogens (primary N) is 1. The Labute approximate surface area is 96.9 Å².